The monoisotopic (exact) mass is 269 g/mol. The molecule has 3 heterocycles. The molecule has 0 saturated heterocycles. The van der Waals surface area contributed by atoms with Crippen LogP contribution in [0.25, 0.3) is 0 Å². The fourth-order valence-corrected chi connectivity index (χ4v) is 8.17. The highest BCUT2D eigenvalue weighted by Gasteiger charge is 3.02. The van der Waals surface area contributed by atoms with Crippen LogP contribution in [0.2, 0.25) is 0 Å². The van der Waals surface area contributed by atoms with Crippen LogP contribution in [0, 0.1) is 34.5 Å². The minimum Gasteiger partial charge on any atom is -0.246 e. The van der Waals surface area contributed by atoms with E-state index in [1.165, 1.54) is 4.57 Å². The molecule has 5 nitrogen and oxygen atoms in total. The highest BCUT2D eigenvalue weighted by atomic mass is 16.2. The van der Waals surface area contributed by atoms with Crippen LogP contribution in [0.4, 0.5) is 0 Å². The zero-order valence-electron chi connectivity index (χ0n) is 11.2. The molecule has 8 atom stereocenters. The second-order valence-electron chi connectivity index (χ2n) is 7.87. The van der Waals surface area contributed by atoms with Crippen molar-refractivity contribution in [3.05, 3.63) is 33.1 Å². The molecular weight excluding hydrogens is 254 g/mol. The number of allylic oxidation sites excluding steroid dienone is 2. The Balaban J connectivity index is 1.67. The van der Waals surface area contributed by atoms with Gasteiger partial charge in [-0.05, 0) is 36.5 Å². The SMILES string of the molecule is Cn1c(=O)n2n(c1=O)[C@H]1[C@@H]3[C@@H]4[C@@H]5[C@@H]3[C@@]13CC=CC[C@@]53[C@H]42. The zero-order valence-corrected chi connectivity index (χ0v) is 11.2. The zero-order chi connectivity index (χ0) is 13.2. The van der Waals surface area contributed by atoms with Crippen molar-refractivity contribution in [2.24, 2.45) is 41.5 Å². The summed E-state index contributed by atoms with van der Waals surface area (Å²) in [6, 6.07) is 0.637. The Morgan fingerprint density at radius 2 is 1.40 bits per heavy atom. The maximum atomic E-state index is 12.5. The Morgan fingerprint density at radius 3 is 1.85 bits per heavy atom. The van der Waals surface area contributed by atoms with Gasteiger partial charge in [0.1, 0.15) is 0 Å². The molecule has 20 heavy (non-hydrogen) atoms. The summed E-state index contributed by atoms with van der Waals surface area (Å²) >= 11 is 0. The van der Waals surface area contributed by atoms with Crippen molar-refractivity contribution in [1.82, 2.24) is 13.9 Å². The van der Waals surface area contributed by atoms with Gasteiger partial charge in [-0.25, -0.2) is 23.5 Å². The van der Waals surface area contributed by atoms with Crippen molar-refractivity contribution < 1.29 is 0 Å². The van der Waals surface area contributed by atoms with E-state index in [1.807, 2.05) is 9.36 Å². The summed E-state index contributed by atoms with van der Waals surface area (Å²) in [4.78, 5) is 25.0. The predicted molar refractivity (Wildman–Crippen MR) is 69.2 cm³/mol. The van der Waals surface area contributed by atoms with Crippen molar-refractivity contribution in [1.29, 1.82) is 0 Å². The van der Waals surface area contributed by atoms with Crippen molar-refractivity contribution in [2.75, 3.05) is 0 Å². The van der Waals surface area contributed by atoms with Crippen LogP contribution in [0.3, 0.4) is 0 Å². The molecule has 5 aliphatic carbocycles. The molecule has 0 radical (unpaired) electrons. The lowest BCUT2D eigenvalue weighted by atomic mass is 9.04. The van der Waals surface area contributed by atoms with Crippen LogP contribution in [0.5, 0.6) is 0 Å². The minimum atomic E-state index is -0.0882. The molecule has 2 aliphatic heterocycles. The molecular formula is C15H15N3O2. The Hall–Kier alpha value is -1.52. The third-order valence-electron chi connectivity index (χ3n) is 8.30. The van der Waals surface area contributed by atoms with Gasteiger partial charge in [0.15, 0.2) is 0 Å². The molecule has 2 bridgehead atoms. The van der Waals surface area contributed by atoms with Crippen molar-refractivity contribution in [3.8, 4) is 0 Å². The summed E-state index contributed by atoms with van der Waals surface area (Å²) in [5.41, 5.74) is 0.506. The van der Waals surface area contributed by atoms with E-state index in [4.69, 9.17) is 0 Å². The Kier molecular flexibility index (Phi) is 0.992. The van der Waals surface area contributed by atoms with Crippen LogP contribution in [-0.4, -0.2) is 13.9 Å². The van der Waals surface area contributed by atoms with E-state index in [1.54, 1.807) is 7.05 Å². The van der Waals surface area contributed by atoms with Crippen molar-refractivity contribution in [3.63, 3.8) is 0 Å². The lowest BCUT2D eigenvalue weighted by molar-refractivity contribution is -0.551. The highest BCUT2D eigenvalue weighted by molar-refractivity contribution is 5.50. The molecule has 5 heteroatoms. The molecule has 4 saturated carbocycles. The molecule has 7 aliphatic rings. The molecule has 1 aromatic heterocycles. The van der Waals surface area contributed by atoms with Gasteiger partial charge in [0.25, 0.3) is 0 Å². The van der Waals surface area contributed by atoms with E-state index in [-0.39, 0.29) is 11.4 Å². The van der Waals surface area contributed by atoms with Crippen LogP contribution in [0.1, 0.15) is 24.9 Å². The fraction of sp³-hybridized carbons (Fsp3) is 0.733. The molecule has 8 rings (SSSR count). The molecule has 0 unspecified atom stereocenters. The summed E-state index contributed by atoms with van der Waals surface area (Å²) in [7, 11) is 1.63. The second kappa shape index (κ2) is 2.11. The maximum absolute atomic E-state index is 12.5. The summed E-state index contributed by atoms with van der Waals surface area (Å²) in [6.45, 7) is 0. The Morgan fingerprint density at radius 1 is 0.950 bits per heavy atom. The van der Waals surface area contributed by atoms with Gasteiger partial charge in [-0.3, -0.25) is 0 Å². The Labute approximate surface area is 114 Å². The van der Waals surface area contributed by atoms with Gasteiger partial charge in [0.05, 0.1) is 12.1 Å². The van der Waals surface area contributed by atoms with Gasteiger partial charge in [-0.2, -0.15) is 0 Å². The first-order valence-electron chi connectivity index (χ1n) is 7.73. The van der Waals surface area contributed by atoms with Gasteiger partial charge in [0, 0.05) is 17.9 Å². The lowest BCUT2D eigenvalue weighted by Crippen LogP contribution is -3.00. The smallest absolute Gasteiger partial charge is 0.246 e. The summed E-state index contributed by atoms with van der Waals surface area (Å²) in [6.07, 6.45) is 6.92. The number of aromatic nitrogens is 3. The number of hydrogen-bond acceptors (Lipinski definition) is 2. The third-order valence-corrected chi connectivity index (χ3v) is 8.30. The fourth-order valence-electron chi connectivity index (χ4n) is 8.17. The minimum absolute atomic E-state index is 0.0882. The number of rotatable bonds is 0. The first-order chi connectivity index (χ1) is 9.68. The first-order valence-corrected chi connectivity index (χ1v) is 7.73. The van der Waals surface area contributed by atoms with Crippen LogP contribution in [-0.2, 0) is 7.05 Å². The molecule has 102 valence electrons. The molecule has 0 aromatic carbocycles. The second-order valence-corrected chi connectivity index (χ2v) is 7.87. The van der Waals surface area contributed by atoms with Gasteiger partial charge < -0.3 is 0 Å². The predicted octanol–water partition coefficient (Wildman–Crippen LogP) is 0.286. The molecule has 0 amide bonds. The maximum Gasteiger partial charge on any atom is 0.347 e. The van der Waals surface area contributed by atoms with Crippen LogP contribution in [0.15, 0.2) is 21.7 Å². The molecule has 0 N–H and O–H groups in total. The summed E-state index contributed by atoms with van der Waals surface area (Å²) in [5, 5.41) is 0. The normalized spacial score (nSPS) is 60.5. The molecule has 4 fully saturated rings. The van der Waals surface area contributed by atoms with E-state index < -0.39 is 0 Å². The third kappa shape index (κ3) is 0.462. The van der Waals surface area contributed by atoms with E-state index in [0.717, 1.165) is 24.7 Å². The number of nitrogens with zero attached hydrogens (tertiary/aromatic N) is 3. The van der Waals surface area contributed by atoms with E-state index in [9.17, 15) is 9.59 Å². The molecule has 1 aromatic rings. The van der Waals surface area contributed by atoms with Gasteiger partial charge in [-0.1, -0.05) is 12.2 Å². The topological polar surface area (TPSA) is 48.9 Å². The van der Waals surface area contributed by atoms with E-state index in [0.29, 0.717) is 34.7 Å². The van der Waals surface area contributed by atoms with E-state index >= 15 is 0 Å². The van der Waals surface area contributed by atoms with Crippen molar-refractivity contribution >= 4 is 0 Å². The van der Waals surface area contributed by atoms with Crippen LogP contribution < -0.4 is 11.4 Å². The van der Waals surface area contributed by atoms with Gasteiger partial charge >= 0.3 is 11.4 Å². The largest absolute Gasteiger partial charge is 0.347 e. The van der Waals surface area contributed by atoms with Gasteiger partial charge in [-0.15, -0.1) is 0 Å². The summed E-state index contributed by atoms with van der Waals surface area (Å²) in [5.74, 6) is 3.15. The quantitative estimate of drug-likeness (QED) is 0.635. The number of hydrogen-bond donors (Lipinski definition) is 0. The lowest BCUT2D eigenvalue weighted by Gasteiger charge is -3.01. The average Bonchev–Trinajstić information content (AvgIpc) is 2.64. The van der Waals surface area contributed by atoms with Gasteiger partial charge in [0.2, 0.25) is 0 Å². The van der Waals surface area contributed by atoms with Crippen LogP contribution >= 0.6 is 0 Å². The van der Waals surface area contributed by atoms with Crippen molar-refractivity contribution in [2.45, 2.75) is 24.9 Å². The standard InChI is InChI=1S/C15H15N3O2/c1-16-12(19)17-10-6-7-9-8(6)14(10)4-2-3-5-15(9,14)11(7)18(17)13(16)20/h2-3,6-11H,4-5H2,1H3/t6-,7-,8-,9-,10+,11+,14+,15+/m1/s1. The highest BCUT2D eigenvalue weighted by Crippen LogP contribution is 3.03. The average molecular weight is 269 g/mol. The first kappa shape index (κ1) is 9.42. The molecule has 2 spiro atoms. The van der Waals surface area contributed by atoms with E-state index in [2.05, 4.69) is 12.2 Å². The summed E-state index contributed by atoms with van der Waals surface area (Å²) < 4.78 is 5.03. The Bertz CT molecular complexity index is 818.